The Morgan fingerprint density at radius 3 is 2.92 bits per heavy atom. The number of ether oxygens (including phenoxy) is 1. The van der Waals surface area contributed by atoms with Gasteiger partial charge < -0.3 is 10.1 Å². The number of thiazole rings is 1. The number of nitrogens with zero attached hydrogens (tertiary/aromatic N) is 3. The lowest BCUT2D eigenvalue weighted by atomic mass is 10.2. The fourth-order valence-electron chi connectivity index (χ4n) is 2.34. The van der Waals surface area contributed by atoms with E-state index in [1.165, 1.54) is 22.2 Å². The van der Waals surface area contributed by atoms with Crippen molar-refractivity contribution in [2.24, 2.45) is 0 Å². The van der Waals surface area contributed by atoms with Gasteiger partial charge in [0, 0.05) is 5.38 Å². The highest BCUT2D eigenvalue weighted by Gasteiger charge is 2.12. The minimum Gasteiger partial charge on any atom is -0.466 e. The predicted molar refractivity (Wildman–Crippen MR) is 97.1 cm³/mol. The monoisotopic (exact) mass is 372 g/mol. The second-order valence-electron chi connectivity index (χ2n) is 5.37. The number of anilines is 1. The zero-order chi connectivity index (χ0) is 18.5. The molecule has 134 valence electrons. The van der Waals surface area contributed by atoms with Gasteiger partial charge in [-0.15, -0.1) is 11.3 Å². The first-order chi connectivity index (χ1) is 12.6. The highest BCUT2D eigenvalue weighted by atomic mass is 32.1. The van der Waals surface area contributed by atoms with Crippen LogP contribution >= 0.6 is 11.3 Å². The van der Waals surface area contributed by atoms with E-state index in [2.05, 4.69) is 15.3 Å². The van der Waals surface area contributed by atoms with Crippen LogP contribution < -0.4 is 10.9 Å². The Labute approximate surface area is 152 Å². The summed E-state index contributed by atoms with van der Waals surface area (Å²) in [7, 11) is 0. The van der Waals surface area contributed by atoms with Crippen LogP contribution in [-0.4, -0.2) is 33.0 Å². The number of hydrogen-bond acceptors (Lipinski definition) is 7. The molecule has 1 aromatic carbocycles. The number of hydrogen-bond donors (Lipinski definition) is 1. The standard InChI is InChI=1S/C17H16N4O4S/c1-2-25-15(23)7-11-9-26-17(19-11)20-14(22)8-21-10-18-13-6-4-3-5-12(13)16(21)24/h3-6,9-10H,2,7-8H2,1H3,(H,19,20,22). The van der Waals surface area contributed by atoms with Gasteiger partial charge in [0.25, 0.3) is 5.56 Å². The maximum absolute atomic E-state index is 12.4. The van der Waals surface area contributed by atoms with E-state index in [-0.39, 0.29) is 24.5 Å². The van der Waals surface area contributed by atoms with Crippen molar-refractivity contribution < 1.29 is 14.3 Å². The van der Waals surface area contributed by atoms with E-state index in [1.807, 2.05) is 0 Å². The van der Waals surface area contributed by atoms with Crippen LogP contribution in [0.3, 0.4) is 0 Å². The molecule has 2 heterocycles. The van der Waals surface area contributed by atoms with Gasteiger partial charge in [-0.2, -0.15) is 0 Å². The van der Waals surface area contributed by atoms with Crippen molar-refractivity contribution >= 4 is 39.2 Å². The summed E-state index contributed by atoms with van der Waals surface area (Å²) in [6, 6.07) is 6.95. The third kappa shape index (κ3) is 4.12. The van der Waals surface area contributed by atoms with E-state index < -0.39 is 5.91 Å². The van der Waals surface area contributed by atoms with Gasteiger partial charge in [-0.1, -0.05) is 12.1 Å². The zero-order valence-electron chi connectivity index (χ0n) is 14.0. The lowest BCUT2D eigenvalue weighted by Gasteiger charge is -2.06. The third-order valence-corrected chi connectivity index (χ3v) is 4.28. The molecule has 0 saturated heterocycles. The number of aromatic nitrogens is 3. The van der Waals surface area contributed by atoms with Gasteiger partial charge in [0.15, 0.2) is 5.13 Å². The summed E-state index contributed by atoms with van der Waals surface area (Å²) in [5, 5.41) is 5.11. The quantitative estimate of drug-likeness (QED) is 0.659. The Morgan fingerprint density at radius 2 is 2.12 bits per heavy atom. The van der Waals surface area contributed by atoms with Crippen LogP contribution in [0.5, 0.6) is 0 Å². The van der Waals surface area contributed by atoms with Crippen LogP contribution in [0.1, 0.15) is 12.6 Å². The molecule has 3 aromatic rings. The molecule has 0 aliphatic carbocycles. The van der Waals surface area contributed by atoms with Crippen molar-refractivity contribution in [1.82, 2.24) is 14.5 Å². The number of nitrogens with one attached hydrogen (secondary N) is 1. The van der Waals surface area contributed by atoms with E-state index >= 15 is 0 Å². The SMILES string of the molecule is CCOC(=O)Cc1csc(NC(=O)Cn2cnc3ccccc3c2=O)n1. The second-order valence-corrected chi connectivity index (χ2v) is 6.23. The van der Waals surface area contributed by atoms with Crippen molar-refractivity contribution in [3.8, 4) is 0 Å². The summed E-state index contributed by atoms with van der Waals surface area (Å²) in [5.74, 6) is -0.773. The molecule has 8 nitrogen and oxygen atoms in total. The molecule has 0 saturated carbocycles. The first-order valence-electron chi connectivity index (χ1n) is 7.91. The molecule has 0 radical (unpaired) electrons. The number of carbonyl (C=O) groups is 2. The number of esters is 1. The Bertz CT molecular complexity index is 1010. The summed E-state index contributed by atoms with van der Waals surface area (Å²) < 4.78 is 6.10. The van der Waals surface area contributed by atoms with Crippen molar-refractivity contribution in [3.63, 3.8) is 0 Å². The van der Waals surface area contributed by atoms with Gasteiger partial charge in [-0.25, -0.2) is 9.97 Å². The summed E-state index contributed by atoms with van der Waals surface area (Å²) in [6.07, 6.45) is 1.40. The first kappa shape index (κ1) is 17.7. The van der Waals surface area contributed by atoms with Crippen molar-refractivity contribution in [3.05, 3.63) is 52.0 Å². The Morgan fingerprint density at radius 1 is 1.31 bits per heavy atom. The molecular weight excluding hydrogens is 356 g/mol. The molecule has 3 rings (SSSR count). The van der Waals surface area contributed by atoms with Crippen LogP contribution in [0.25, 0.3) is 10.9 Å². The average molecular weight is 372 g/mol. The summed E-state index contributed by atoms with van der Waals surface area (Å²) >= 11 is 1.20. The maximum atomic E-state index is 12.4. The molecule has 9 heteroatoms. The number of fused-ring (bicyclic) bond motifs is 1. The molecule has 0 aliphatic rings. The zero-order valence-corrected chi connectivity index (χ0v) is 14.8. The summed E-state index contributed by atoms with van der Waals surface area (Å²) in [5.41, 5.74) is 0.818. The van der Waals surface area contributed by atoms with Gasteiger partial charge >= 0.3 is 5.97 Å². The molecule has 0 fully saturated rings. The van der Waals surface area contributed by atoms with Gasteiger partial charge in [0.1, 0.15) is 6.54 Å². The van der Waals surface area contributed by atoms with Gasteiger partial charge in [-0.05, 0) is 19.1 Å². The number of amides is 1. The molecular formula is C17H16N4O4S. The lowest BCUT2D eigenvalue weighted by molar-refractivity contribution is -0.142. The molecule has 0 bridgehead atoms. The average Bonchev–Trinajstić information content (AvgIpc) is 3.04. The van der Waals surface area contributed by atoms with E-state index in [1.54, 1.807) is 36.6 Å². The summed E-state index contributed by atoms with van der Waals surface area (Å²) in [6.45, 7) is 1.86. The van der Waals surface area contributed by atoms with Crippen LogP contribution in [-0.2, 0) is 27.3 Å². The molecule has 0 unspecified atom stereocenters. The summed E-state index contributed by atoms with van der Waals surface area (Å²) in [4.78, 5) is 44.3. The van der Waals surface area contributed by atoms with Crippen LogP contribution in [0, 0.1) is 0 Å². The molecule has 0 aliphatic heterocycles. The van der Waals surface area contributed by atoms with Crippen molar-refractivity contribution in [2.45, 2.75) is 19.9 Å². The Balaban J connectivity index is 1.66. The third-order valence-electron chi connectivity index (χ3n) is 3.47. The smallest absolute Gasteiger partial charge is 0.311 e. The van der Waals surface area contributed by atoms with E-state index in [0.717, 1.165) is 0 Å². The topological polar surface area (TPSA) is 103 Å². The fraction of sp³-hybridized carbons (Fsp3) is 0.235. The van der Waals surface area contributed by atoms with Gasteiger partial charge in [0.05, 0.1) is 36.0 Å². The predicted octanol–water partition coefficient (Wildman–Crippen LogP) is 1.60. The number of rotatable bonds is 6. The normalized spacial score (nSPS) is 10.7. The highest BCUT2D eigenvalue weighted by Crippen LogP contribution is 2.16. The second kappa shape index (κ2) is 7.87. The highest BCUT2D eigenvalue weighted by molar-refractivity contribution is 7.13. The van der Waals surface area contributed by atoms with Gasteiger partial charge in [0.2, 0.25) is 5.91 Å². The molecule has 1 N–H and O–H groups in total. The number of benzene rings is 1. The minimum atomic E-state index is -0.402. The largest absolute Gasteiger partial charge is 0.466 e. The molecule has 26 heavy (non-hydrogen) atoms. The maximum Gasteiger partial charge on any atom is 0.311 e. The van der Waals surface area contributed by atoms with Crippen molar-refractivity contribution in [1.29, 1.82) is 0 Å². The molecule has 0 atom stereocenters. The number of para-hydroxylation sites is 1. The Kier molecular flexibility index (Phi) is 5.37. The lowest BCUT2D eigenvalue weighted by Crippen LogP contribution is -2.27. The Hall–Kier alpha value is -3.07. The van der Waals surface area contributed by atoms with Crippen molar-refractivity contribution in [2.75, 3.05) is 11.9 Å². The number of carbonyl (C=O) groups excluding carboxylic acids is 2. The fourth-order valence-corrected chi connectivity index (χ4v) is 3.06. The van der Waals surface area contributed by atoms with Crippen LogP contribution in [0.4, 0.5) is 5.13 Å². The first-order valence-corrected chi connectivity index (χ1v) is 8.79. The van der Waals surface area contributed by atoms with Crippen LogP contribution in [0.2, 0.25) is 0 Å². The molecule has 0 spiro atoms. The van der Waals surface area contributed by atoms with E-state index in [0.29, 0.717) is 28.3 Å². The molecule has 1 amide bonds. The van der Waals surface area contributed by atoms with E-state index in [4.69, 9.17) is 4.74 Å². The van der Waals surface area contributed by atoms with E-state index in [9.17, 15) is 14.4 Å². The molecule has 2 aromatic heterocycles. The van der Waals surface area contributed by atoms with Gasteiger partial charge in [-0.3, -0.25) is 19.0 Å². The van der Waals surface area contributed by atoms with Crippen LogP contribution in [0.15, 0.2) is 40.8 Å². The minimum absolute atomic E-state index is 0.0499.